The van der Waals surface area contributed by atoms with Gasteiger partial charge in [0.05, 0.1) is 11.6 Å². The zero-order valence-corrected chi connectivity index (χ0v) is 17.1. The van der Waals surface area contributed by atoms with E-state index in [9.17, 15) is 4.79 Å². The van der Waals surface area contributed by atoms with E-state index in [0.29, 0.717) is 36.3 Å². The van der Waals surface area contributed by atoms with Crippen molar-refractivity contribution in [3.8, 4) is 5.75 Å². The van der Waals surface area contributed by atoms with Gasteiger partial charge >= 0.3 is 0 Å². The van der Waals surface area contributed by atoms with Gasteiger partial charge in [-0.15, -0.1) is 0 Å². The molecule has 29 heavy (non-hydrogen) atoms. The first-order valence-corrected chi connectivity index (χ1v) is 10.4. The number of rotatable bonds is 4. The minimum Gasteiger partial charge on any atom is -0.492 e. The molecule has 0 bridgehead atoms. The molecule has 1 aromatic carbocycles. The van der Waals surface area contributed by atoms with Crippen LogP contribution in [0.4, 0.5) is 0 Å². The van der Waals surface area contributed by atoms with Crippen LogP contribution < -0.4 is 10.1 Å². The first-order chi connectivity index (χ1) is 14.1. The molecule has 6 nitrogen and oxygen atoms in total. The fourth-order valence-corrected chi connectivity index (χ4v) is 4.25. The van der Waals surface area contributed by atoms with E-state index in [-0.39, 0.29) is 5.91 Å². The molecule has 0 radical (unpaired) electrons. The fourth-order valence-electron chi connectivity index (χ4n) is 4.10. The van der Waals surface area contributed by atoms with Crippen molar-refractivity contribution in [2.45, 2.75) is 32.5 Å². The van der Waals surface area contributed by atoms with E-state index in [4.69, 9.17) is 16.3 Å². The van der Waals surface area contributed by atoms with Gasteiger partial charge in [0.1, 0.15) is 18.0 Å². The van der Waals surface area contributed by atoms with Gasteiger partial charge in [-0.05, 0) is 49.7 Å². The number of carbonyl (C=O) groups excluding carboxylic acids is 1. The van der Waals surface area contributed by atoms with Crippen LogP contribution in [0.15, 0.2) is 36.5 Å². The number of hydrogen-bond acceptors (Lipinski definition) is 4. The van der Waals surface area contributed by atoms with E-state index in [2.05, 4.69) is 21.8 Å². The van der Waals surface area contributed by atoms with Gasteiger partial charge < -0.3 is 19.5 Å². The Morgan fingerprint density at radius 2 is 2.21 bits per heavy atom. The van der Waals surface area contributed by atoms with Crippen LogP contribution in [0.2, 0.25) is 5.02 Å². The summed E-state index contributed by atoms with van der Waals surface area (Å²) < 4.78 is 8.06. The fraction of sp³-hybridized carbons (Fsp3) is 0.364. The Labute approximate surface area is 174 Å². The van der Waals surface area contributed by atoms with Crippen molar-refractivity contribution in [2.24, 2.45) is 0 Å². The van der Waals surface area contributed by atoms with E-state index in [1.807, 2.05) is 35.2 Å². The number of ether oxygens (including phenoxy) is 1. The van der Waals surface area contributed by atoms with Crippen LogP contribution in [0, 0.1) is 6.92 Å². The molecule has 0 aliphatic carbocycles. The molecule has 1 unspecified atom stereocenters. The highest BCUT2D eigenvalue weighted by molar-refractivity contribution is 6.31. The first kappa shape index (κ1) is 18.5. The highest BCUT2D eigenvalue weighted by atomic mass is 35.5. The number of aromatic nitrogens is 2. The number of benzene rings is 1. The summed E-state index contributed by atoms with van der Waals surface area (Å²) >= 11 is 6.13. The lowest BCUT2D eigenvalue weighted by Gasteiger charge is -2.29. The van der Waals surface area contributed by atoms with Crippen molar-refractivity contribution >= 4 is 28.5 Å². The van der Waals surface area contributed by atoms with Gasteiger partial charge in [0, 0.05) is 42.0 Å². The molecule has 150 valence electrons. The molecule has 1 N–H and O–H groups in total. The third-order valence-electron chi connectivity index (χ3n) is 5.93. The zero-order chi connectivity index (χ0) is 20.0. The molecular formula is C22H23ClN4O2. The monoisotopic (exact) mass is 410 g/mol. The average Bonchev–Trinajstić information content (AvgIpc) is 2.98. The summed E-state index contributed by atoms with van der Waals surface area (Å²) in [5.74, 6) is 0.768. The summed E-state index contributed by atoms with van der Waals surface area (Å²) in [7, 11) is 0. The van der Waals surface area contributed by atoms with Crippen LogP contribution >= 0.6 is 11.6 Å². The predicted octanol–water partition coefficient (Wildman–Crippen LogP) is 3.39. The second-order valence-corrected chi connectivity index (χ2v) is 8.19. The van der Waals surface area contributed by atoms with E-state index in [0.717, 1.165) is 47.6 Å². The Morgan fingerprint density at radius 3 is 3.00 bits per heavy atom. The maximum absolute atomic E-state index is 13.2. The van der Waals surface area contributed by atoms with Crippen molar-refractivity contribution in [3.05, 3.63) is 58.4 Å². The Morgan fingerprint density at radius 1 is 1.34 bits per heavy atom. The lowest BCUT2D eigenvalue weighted by atomic mass is 10.1. The van der Waals surface area contributed by atoms with E-state index >= 15 is 0 Å². The molecule has 0 spiro atoms. The minimum atomic E-state index is 0.0270. The number of nitrogens with zero attached hydrogens (tertiary/aromatic N) is 3. The average molecular weight is 411 g/mol. The quantitative estimate of drug-likeness (QED) is 0.716. The Hall–Kier alpha value is -2.57. The third-order valence-corrected chi connectivity index (χ3v) is 6.14. The molecule has 2 aliphatic heterocycles. The maximum Gasteiger partial charge on any atom is 0.254 e. The van der Waals surface area contributed by atoms with Gasteiger partial charge in [-0.3, -0.25) is 4.79 Å². The largest absolute Gasteiger partial charge is 0.492 e. The molecular weight excluding hydrogens is 388 g/mol. The van der Waals surface area contributed by atoms with Gasteiger partial charge in [0.2, 0.25) is 0 Å². The van der Waals surface area contributed by atoms with Crippen molar-refractivity contribution in [1.82, 2.24) is 19.8 Å². The van der Waals surface area contributed by atoms with E-state index in [1.54, 1.807) is 6.20 Å². The molecule has 1 amide bonds. The van der Waals surface area contributed by atoms with Crippen molar-refractivity contribution in [1.29, 1.82) is 0 Å². The molecule has 7 heteroatoms. The van der Waals surface area contributed by atoms with Crippen molar-refractivity contribution < 1.29 is 9.53 Å². The maximum atomic E-state index is 13.2. The number of amides is 1. The van der Waals surface area contributed by atoms with E-state index in [1.165, 1.54) is 0 Å². The highest BCUT2D eigenvalue weighted by Crippen LogP contribution is 2.30. The number of halogens is 1. The molecule has 1 saturated heterocycles. The van der Waals surface area contributed by atoms with Crippen LogP contribution in [-0.4, -0.2) is 46.1 Å². The first-order valence-electron chi connectivity index (χ1n) is 9.99. The molecule has 2 aliphatic rings. The molecule has 2 aromatic heterocycles. The van der Waals surface area contributed by atoms with Gasteiger partial charge in [-0.25, -0.2) is 4.98 Å². The summed E-state index contributed by atoms with van der Waals surface area (Å²) in [5.41, 5.74) is 3.86. The SMILES string of the molecule is Cc1c2n(c3ncc(Cl)cc13)CCN(C(=O)c1cccc(OCC3CCN3)c1)C2. The predicted molar refractivity (Wildman–Crippen MR) is 113 cm³/mol. The number of aryl methyl sites for hydroxylation is 1. The molecule has 1 fully saturated rings. The normalized spacial score (nSPS) is 18.4. The molecule has 0 saturated carbocycles. The molecule has 3 aromatic rings. The van der Waals surface area contributed by atoms with Crippen LogP contribution in [0.5, 0.6) is 5.75 Å². The number of fused-ring (bicyclic) bond motifs is 3. The topological polar surface area (TPSA) is 59.4 Å². The molecule has 5 rings (SSSR count). The summed E-state index contributed by atoms with van der Waals surface area (Å²) in [6.45, 7) is 5.70. The van der Waals surface area contributed by atoms with Crippen molar-refractivity contribution in [2.75, 3.05) is 19.7 Å². The number of pyridine rings is 1. The van der Waals surface area contributed by atoms with Gasteiger partial charge in [-0.2, -0.15) is 0 Å². The lowest BCUT2D eigenvalue weighted by molar-refractivity contribution is 0.0711. The van der Waals surface area contributed by atoms with E-state index < -0.39 is 0 Å². The summed E-state index contributed by atoms with van der Waals surface area (Å²) in [4.78, 5) is 19.6. The Kier molecular flexibility index (Phi) is 4.68. The third kappa shape index (κ3) is 3.36. The van der Waals surface area contributed by atoms with Crippen molar-refractivity contribution in [3.63, 3.8) is 0 Å². The zero-order valence-electron chi connectivity index (χ0n) is 16.3. The number of hydrogen-bond donors (Lipinski definition) is 1. The smallest absolute Gasteiger partial charge is 0.254 e. The van der Waals surface area contributed by atoms with Gasteiger partial charge in [0.15, 0.2) is 0 Å². The summed E-state index contributed by atoms with van der Waals surface area (Å²) in [5, 5.41) is 5.01. The van der Waals surface area contributed by atoms with Crippen LogP contribution in [0.1, 0.15) is 28.0 Å². The van der Waals surface area contributed by atoms with Crippen LogP contribution in [0.25, 0.3) is 11.0 Å². The standard InChI is InChI=1S/C22H23ClN4O2/c1-14-19-10-16(23)11-25-21(19)27-8-7-26(12-20(14)27)22(28)15-3-2-4-18(9-15)29-13-17-5-6-24-17/h2-4,9-11,17,24H,5-8,12-13H2,1H3. The number of carbonyl (C=O) groups is 1. The van der Waals surface area contributed by atoms with Crippen LogP contribution in [0.3, 0.4) is 0 Å². The molecule has 1 atom stereocenters. The van der Waals surface area contributed by atoms with Gasteiger partial charge in [0.25, 0.3) is 5.91 Å². The second-order valence-electron chi connectivity index (χ2n) is 7.75. The Bertz CT molecular complexity index is 1090. The highest BCUT2D eigenvalue weighted by Gasteiger charge is 2.26. The summed E-state index contributed by atoms with van der Waals surface area (Å²) in [6, 6.07) is 9.87. The lowest BCUT2D eigenvalue weighted by Crippen LogP contribution is -2.46. The van der Waals surface area contributed by atoms with Gasteiger partial charge in [-0.1, -0.05) is 17.7 Å². The Balaban J connectivity index is 1.36. The second kappa shape index (κ2) is 7.35. The number of nitrogens with one attached hydrogen (secondary N) is 1. The van der Waals surface area contributed by atoms with Crippen LogP contribution in [-0.2, 0) is 13.1 Å². The summed E-state index contributed by atoms with van der Waals surface area (Å²) in [6.07, 6.45) is 2.82. The minimum absolute atomic E-state index is 0.0270. The molecule has 4 heterocycles.